The highest BCUT2D eigenvalue weighted by Crippen LogP contribution is 2.29. The number of hydrogen-bond donors (Lipinski definition) is 2. The molecule has 3 rings (SSSR count). The maximum atomic E-state index is 12.6. The van der Waals surface area contributed by atoms with E-state index in [-0.39, 0.29) is 14.9 Å². The number of nitrogens with one attached hydrogen (secondary N) is 2. The zero-order chi connectivity index (χ0) is 21.7. The Balaban J connectivity index is 1.74. The molecule has 0 bridgehead atoms. The second-order valence-electron chi connectivity index (χ2n) is 6.32. The fourth-order valence-corrected chi connectivity index (χ4v) is 4.51. The maximum absolute atomic E-state index is 12.6. The summed E-state index contributed by atoms with van der Waals surface area (Å²) in [6.07, 6.45) is 0. The molecule has 9 heteroatoms. The van der Waals surface area contributed by atoms with E-state index in [1.54, 1.807) is 36.4 Å². The molecule has 0 radical (unpaired) electrons. The number of sulfonamides is 1. The molecule has 2 N–H and O–H groups in total. The molecule has 0 saturated carbocycles. The molecule has 0 aliphatic heterocycles. The Hall–Kier alpha value is -2.58. The fourth-order valence-electron chi connectivity index (χ4n) is 2.55. The van der Waals surface area contributed by atoms with Crippen molar-refractivity contribution in [2.24, 2.45) is 0 Å². The fraction of sp³-hybridized carbons (Fsp3) is 0.0952. The van der Waals surface area contributed by atoms with Gasteiger partial charge in [0, 0.05) is 5.02 Å². The van der Waals surface area contributed by atoms with E-state index >= 15 is 0 Å². The number of ether oxygens (including phenoxy) is 1. The van der Waals surface area contributed by atoms with Gasteiger partial charge in [-0.2, -0.15) is 4.72 Å². The van der Waals surface area contributed by atoms with Crippen molar-refractivity contribution in [1.82, 2.24) is 4.72 Å². The minimum atomic E-state index is -4.07. The molecule has 0 fully saturated rings. The summed E-state index contributed by atoms with van der Waals surface area (Å²) < 4.78 is 33.4. The van der Waals surface area contributed by atoms with Crippen LogP contribution in [0.3, 0.4) is 0 Å². The Morgan fingerprint density at radius 1 is 0.967 bits per heavy atom. The third kappa shape index (κ3) is 5.52. The van der Waals surface area contributed by atoms with Crippen LogP contribution in [0.1, 0.15) is 6.92 Å². The first-order valence-electron chi connectivity index (χ1n) is 8.86. The Bertz CT molecular complexity index is 1150. The van der Waals surface area contributed by atoms with E-state index in [9.17, 15) is 13.2 Å². The standard InChI is InChI=1S/C21H18Cl2N2O4S/c1-14(25-30(27,28)20-13-15(22)11-12-17(20)23)21(26)24-18-9-5-6-10-19(18)29-16-7-3-2-4-8-16/h2-14,25H,1H3,(H,24,26)/t14-/m1/s1. The zero-order valence-electron chi connectivity index (χ0n) is 15.8. The molecule has 0 saturated heterocycles. The molecule has 0 heterocycles. The second kappa shape index (κ2) is 9.49. The van der Waals surface area contributed by atoms with Crippen molar-refractivity contribution in [3.63, 3.8) is 0 Å². The second-order valence-corrected chi connectivity index (χ2v) is 8.84. The summed E-state index contributed by atoms with van der Waals surface area (Å²) in [5, 5.41) is 2.89. The van der Waals surface area contributed by atoms with Crippen LogP contribution in [0.2, 0.25) is 10.0 Å². The van der Waals surface area contributed by atoms with E-state index in [0.29, 0.717) is 17.2 Å². The summed E-state index contributed by atoms with van der Waals surface area (Å²) in [5.41, 5.74) is 0.401. The molecule has 3 aromatic rings. The van der Waals surface area contributed by atoms with Crippen LogP contribution in [0.15, 0.2) is 77.7 Å². The van der Waals surface area contributed by atoms with Gasteiger partial charge in [-0.15, -0.1) is 0 Å². The average molecular weight is 465 g/mol. The summed E-state index contributed by atoms with van der Waals surface area (Å²) >= 11 is 11.8. The summed E-state index contributed by atoms with van der Waals surface area (Å²) in [6, 6.07) is 18.9. The molecule has 156 valence electrons. The van der Waals surface area contributed by atoms with Crippen molar-refractivity contribution in [2.75, 3.05) is 5.32 Å². The first kappa shape index (κ1) is 22.1. The lowest BCUT2D eigenvalue weighted by Crippen LogP contribution is -2.41. The first-order chi connectivity index (χ1) is 14.3. The molecule has 6 nitrogen and oxygen atoms in total. The van der Waals surface area contributed by atoms with Gasteiger partial charge in [0.15, 0.2) is 5.75 Å². The van der Waals surface area contributed by atoms with E-state index < -0.39 is 22.0 Å². The van der Waals surface area contributed by atoms with Gasteiger partial charge in [0.05, 0.1) is 16.8 Å². The number of amides is 1. The number of hydrogen-bond acceptors (Lipinski definition) is 4. The minimum absolute atomic E-state index is 0.00103. The highest BCUT2D eigenvalue weighted by molar-refractivity contribution is 7.89. The number of halogens is 2. The molecular formula is C21H18Cl2N2O4S. The summed E-state index contributed by atoms with van der Waals surface area (Å²) in [5.74, 6) is 0.453. The third-order valence-corrected chi connectivity index (χ3v) is 6.28. The number of benzene rings is 3. The van der Waals surface area contributed by atoms with Crippen LogP contribution in [0.5, 0.6) is 11.5 Å². The first-order valence-corrected chi connectivity index (χ1v) is 11.1. The molecule has 3 aromatic carbocycles. The van der Waals surface area contributed by atoms with Gasteiger partial charge in [-0.3, -0.25) is 4.79 Å². The van der Waals surface area contributed by atoms with Crippen LogP contribution in [-0.4, -0.2) is 20.4 Å². The molecule has 30 heavy (non-hydrogen) atoms. The number of carbonyl (C=O) groups is 1. The van der Waals surface area contributed by atoms with Gasteiger partial charge >= 0.3 is 0 Å². The summed E-state index contributed by atoms with van der Waals surface area (Å²) in [4.78, 5) is 12.4. The number of rotatable bonds is 7. The molecular weight excluding hydrogens is 447 g/mol. The zero-order valence-corrected chi connectivity index (χ0v) is 18.1. The molecule has 0 aliphatic rings. The molecule has 0 aliphatic carbocycles. The van der Waals surface area contributed by atoms with Crippen LogP contribution < -0.4 is 14.8 Å². The van der Waals surface area contributed by atoms with Crippen molar-refractivity contribution < 1.29 is 17.9 Å². The smallest absolute Gasteiger partial charge is 0.242 e. The maximum Gasteiger partial charge on any atom is 0.242 e. The highest BCUT2D eigenvalue weighted by atomic mass is 35.5. The van der Waals surface area contributed by atoms with Crippen molar-refractivity contribution >= 4 is 44.8 Å². The largest absolute Gasteiger partial charge is 0.455 e. The predicted octanol–water partition coefficient (Wildman–Crippen LogP) is 5.09. The lowest BCUT2D eigenvalue weighted by molar-refractivity contribution is -0.117. The minimum Gasteiger partial charge on any atom is -0.455 e. The molecule has 1 atom stereocenters. The average Bonchev–Trinajstić information content (AvgIpc) is 2.71. The number of anilines is 1. The van der Waals surface area contributed by atoms with E-state index in [1.165, 1.54) is 25.1 Å². The quantitative estimate of drug-likeness (QED) is 0.509. The van der Waals surface area contributed by atoms with Crippen molar-refractivity contribution in [3.05, 3.63) is 82.8 Å². The molecule has 0 unspecified atom stereocenters. The normalized spacial score (nSPS) is 12.2. The van der Waals surface area contributed by atoms with Crippen LogP contribution in [0.25, 0.3) is 0 Å². The monoisotopic (exact) mass is 464 g/mol. The predicted molar refractivity (Wildman–Crippen MR) is 118 cm³/mol. The van der Waals surface area contributed by atoms with Crippen LogP contribution in [0, 0.1) is 0 Å². The van der Waals surface area contributed by atoms with Crippen LogP contribution in [-0.2, 0) is 14.8 Å². The lowest BCUT2D eigenvalue weighted by Gasteiger charge is -2.17. The Labute approximate surface area is 184 Å². The summed E-state index contributed by atoms with van der Waals surface area (Å²) in [7, 11) is -4.07. The molecule has 0 spiro atoms. The molecule has 0 aromatic heterocycles. The highest BCUT2D eigenvalue weighted by Gasteiger charge is 2.25. The summed E-state index contributed by atoms with van der Waals surface area (Å²) in [6.45, 7) is 1.42. The Morgan fingerprint density at radius 3 is 2.37 bits per heavy atom. The van der Waals surface area contributed by atoms with E-state index in [4.69, 9.17) is 27.9 Å². The van der Waals surface area contributed by atoms with Gasteiger partial charge in [-0.25, -0.2) is 8.42 Å². The Morgan fingerprint density at radius 2 is 1.63 bits per heavy atom. The van der Waals surface area contributed by atoms with Gasteiger partial charge in [0.1, 0.15) is 10.6 Å². The van der Waals surface area contributed by atoms with E-state index in [1.807, 2.05) is 18.2 Å². The van der Waals surface area contributed by atoms with Gasteiger partial charge in [0.2, 0.25) is 15.9 Å². The van der Waals surface area contributed by atoms with Gasteiger partial charge in [-0.1, -0.05) is 53.5 Å². The van der Waals surface area contributed by atoms with Crippen LogP contribution >= 0.6 is 23.2 Å². The third-order valence-electron chi connectivity index (χ3n) is 4.02. The van der Waals surface area contributed by atoms with E-state index in [0.717, 1.165) is 0 Å². The number of para-hydroxylation sites is 3. The molecule has 1 amide bonds. The van der Waals surface area contributed by atoms with Gasteiger partial charge in [0.25, 0.3) is 0 Å². The number of carbonyl (C=O) groups excluding carboxylic acids is 1. The van der Waals surface area contributed by atoms with Crippen molar-refractivity contribution in [1.29, 1.82) is 0 Å². The SMILES string of the molecule is C[C@@H](NS(=O)(=O)c1cc(Cl)ccc1Cl)C(=O)Nc1ccccc1Oc1ccccc1. The van der Waals surface area contributed by atoms with Gasteiger partial charge < -0.3 is 10.1 Å². The lowest BCUT2D eigenvalue weighted by atomic mass is 10.2. The Kier molecular flexibility index (Phi) is 6.99. The van der Waals surface area contributed by atoms with Gasteiger partial charge in [-0.05, 0) is 49.4 Å². The van der Waals surface area contributed by atoms with Crippen molar-refractivity contribution in [2.45, 2.75) is 17.9 Å². The van der Waals surface area contributed by atoms with Crippen molar-refractivity contribution in [3.8, 4) is 11.5 Å². The topological polar surface area (TPSA) is 84.5 Å². The van der Waals surface area contributed by atoms with Crippen LogP contribution in [0.4, 0.5) is 5.69 Å². The van der Waals surface area contributed by atoms with E-state index in [2.05, 4.69) is 10.0 Å².